The van der Waals surface area contributed by atoms with Crippen molar-refractivity contribution in [3.05, 3.63) is 77.6 Å². The van der Waals surface area contributed by atoms with Crippen LogP contribution in [-0.4, -0.2) is 29.3 Å². The molecule has 2 aliphatic rings. The molecule has 1 amide bonds. The molecule has 0 saturated heterocycles. The number of ether oxygens (including phenoxy) is 3. The molecule has 7 heteroatoms. The smallest absolute Gasteiger partial charge is 0.407 e. The first-order valence-electron chi connectivity index (χ1n) is 12.7. The summed E-state index contributed by atoms with van der Waals surface area (Å²) in [6.07, 6.45) is 4.20. The first kappa shape index (κ1) is 24.8. The monoisotopic (exact) mass is 500 g/mol. The highest BCUT2D eigenvalue weighted by molar-refractivity contribution is 5.93. The maximum Gasteiger partial charge on any atom is 0.407 e. The van der Waals surface area contributed by atoms with E-state index in [2.05, 4.69) is 10.3 Å². The highest BCUT2D eigenvalue weighted by Gasteiger charge is 2.50. The molecule has 1 aliphatic heterocycles. The van der Waals surface area contributed by atoms with Gasteiger partial charge in [-0.1, -0.05) is 30.3 Å². The van der Waals surface area contributed by atoms with Gasteiger partial charge in [-0.3, -0.25) is 9.78 Å². The van der Waals surface area contributed by atoms with E-state index in [0.29, 0.717) is 19.4 Å². The first-order chi connectivity index (χ1) is 17.7. The number of alkyl carbamates (subject to hydrolysis) is 1. The Kier molecular flexibility index (Phi) is 6.63. The second-order valence-corrected chi connectivity index (χ2v) is 10.7. The molecule has 0 bridgehead atoms. The zero-order valence-electron chi connectivity index (χ0n) is 21.5. The minimum Gasteiger partial charge on any atom is -0.454 e. The molecule has 1 N–H and O–H groups in total. The van der Waals surface area contributed by atoms with Crippen molar-refractivity contribution in [2.45, 2.75) is 64.0 Å². The van der Waals surface area contributed by atoms with E-state index in [-0.39, 0.29) is 12.6 Å². The quantitative estimate of drug-likeness (QED) is 0.425. The number of hydrogen-bond acceptors (Lipinski definition) is 6. The fourth-order valence-corrected chi connectivity index (χ4v) is 4.62. The number of ketones is 1. The maximum absolute atomic E-state index is 13.2. The number of nitrogens with one attached hydrogen (secondary N) is 1. The summed E-state index contributed by atoms with van der Waals surface area (Å²) < 4.78 is 16.2. The van der Waals surface area contributed by atoms with Crippen LogP contribution in [0.5, 0.6) is 11.5 Å². The number of aromatic nitrogens is 1. The number of fused-ring (bicyclic) bond motifs is 1. The molecule has 1 aliphatic carbocycles. The Bertz CT molecular complexity index is 1310. The zero-order valence-corrected chi connectivity index (χ0v) is 21.5. The van der Waals surface area contributed by atoms with Gasteiger partial charge in [-0.05, 0) is 81.0 Å². The number of hydrogen-bond donors (Lipinski definition) is 1. The van der Waals surface area contributed by atoms with Crippen molar-refractivity contribution in [3.63, 3.8) is 0 Å². The number of Topliss-reactive ketones (excluding diaryl/α,β-unsaturated/α-hetero) is 1. The summed E-state index contributed by atoms with van der Waals surface area (Å²) in [5.41, 5.74) is 3.94. The van der Waals surface area contributed by atoms with E-state index < -0.39 is 17.1 Å². The lowest BCUT2D eigenvalue weighted by atomic mass is 9.88. The van der Waals surface area contributed by atoms with Crippen LogP contribution < -0.4 is 14.8 Å². The summed E-state index contributed by atoms with van der Waals surface area (Å²) >= 11 is 0. The average Bonchev–Trinajstić information content (AvgIpc) is 3.56. The summed E-state index contributed by atoms with van der Waals surface area (Å²) in [6, 6.07) is 17.8. The van der Waals surface area contributed by atoms with Gasteiger partial charge >= 0.3 is 6.09 Å². The number of rotatable bonds is 8. The van der Waals surface area contributed by atoms with Crippen LogP contribution in [-0.2, 0) is 27.9 Å². The van der Waals surface area contributed by atoms with E-state index >= 15 is 0 Å². The van der Waals surface area contributed by atoms with Crippen molar-refractivity contribution >= 4 is 11.9 Å². The maximum atomic E-state index is 13.2. The number of carbonyl (C=O) groups excluding carboxylic acids is 2. The highest BCUT2D eigenvalue weighted by Crippen LogP contribution is 2.51. The third kappa shape index (κ3) is 5.77. The van der Waals surface area contributed by atoms with Gasteiger partial charge in [0.25, 0.3) is 0 Å². The lowest BCUT2D eigenvalue weighted by molar-refractivity contribution is -0.121. The number of benzene rings is 2. The summed E-state index contributed by atoms with van der Waals surface area (Å²) in [5.74, 6) is 1.71. The second kappa shape index (κ2) is 9.88. The molecule has 192 valence electrons. The van der Waals surface area contributed by atoms with E-state index in [1.54, 1.807) is 0 Å². The highest BCUT2D eigenvalue weighted by atomic mass is 16.7. The third-order valence-corrected chi connectivity index (χ3v) is 6.74. The molecule has 37 heavy (non-hydrogen) atoms. The van der Waals surface area contributed by atoms with Crippen LogP contribution in [0.25, 0.3) is 11.1 Å². The summed E-state index contributed by atoms with van der Waals surface area (Å²) in [7, 11) is 0. The van der Waals surface area contributed by atoms with E-state index in [1.165, 1.54) is 0 Å². The molecule has 7 nitrogen and oxygen atoms in total. The van der Waals surface area contributed by atoms with Crippen molar-refractivity contribution < 1.29 is 23.8 Å². The fourth-order valence-electron chi connectivity index (χ4n) is 4.62. The Morgan fingerprint density at radius 3 is 2.54 bits per heavy atom. The molecule has 0 spiro atoms. The van der Waals surface area contributed by atoms with E-state index in [4.69, 9.17) is 14.2 Å². The van der Waals surface area contributed by atoms with Crippen LogP contribution in [0, 0.1) is 0 Å². The molecule has 5 rings (SSSR count). The van der Waals surface area contributed by atoms with Crippen molar-refractivity contribution in [3.8, 4) is 22.6 Å². The Morgan fingerprint density at radius 2 is 1.81 bits per heavy atom. The predicted molar refractivity (Wildman–Crippen MR) is 140 cm³/mol. The van der Waals surface area contributed by atoms with Crippen molar-refractivity contribution in [2.24, 2.45) is 0 Å². The fraction of sp³-hybridized carbons (Fsp3) is 0.367. The number of carbonyl (C=O) groups is 2. The van der Waals surface area contributed by atoms with Crippen LogP contribution in [0.1, 0.15) is 56.9 Å². The van der Waals surface area contributed by atoms with Crippen LogP contribution in [0.2, 0.25) is 0 Å². The predicted octanol–water partition coefficient (Wildman–Crippen LogP) is 5.74. The van der Waals surface area contributed by atoms with E-state index in [0.717, 1.165) is 52.3 Å². The number of pyridine rings is 1. The average molecular weight is 501 g/mol. The Hall–Kier alpha value is -3.87. The molecule has 1 aromatic heterocycles. The summed E-state index contributed by atoms with van der Waals surface area (Å²) in [4.78, 5) is 29.7. The van der Waals surface area contributed by atoms with Crippen LogP contribution in [0.4, 0.5) is 4.79 Å². The van der Waals surface area contributed by atoms with E-state index in [9.17, 15) is 9.59 Å². The zero-order chi connectivity index (χ0) is 26.0. The first-order valence-corrected chi connectivity index (χ1v) is 12.7. The third-order valence-electron chi connectivity index (χ3n) is 6.74. The Balaban J connectivity index is 1.17. The largest absolute Gasteiger partial charge is 0.454 e. The molecule has 0 unspecified atom stereocenters. The van der Waals surface area contributed by atoms with Gasteiger partial charge in [0.05, 0.1) is 5.41 Å². The number of amides is 1. The molecule has 0 radical (unpaired) electrons. The Morgan fingerprint density at radius 1 is 1.00 bits per heavy atom. The number of aryl methyl sites for hydroxylation is 1. The molecule has 1 saturated carbocycles. The standard InChI is InChI=1S/C30H32N2O5/c1-29(2,3)37-28(34)32-17-20-5-4-6-21(15-20)22-7-9-24(31-18-22)10-12-27(33)30(13-14-30)23-8-11-25-26(16-23)36-19-35-25/h4-9,11,15-16,18H,10,12-14,17,19H2,1-3H3,(H,32,34). The van der Waals surface area contributed by atoms with Crippen molar-refractivity contribution in [1.82, 2.24) is 10.3 Å². The van der Waals surface area contributed by atoms with Crippen LogP contribution in [0.15, 0.2) is 60.8 Å². The van der Waals surface area contributed by atoms with Gasteiger partial charge in [-0.2, -0.15) is 0 Å². The summed E-state index contributed by atoms with van der Waals surface area (Å²) in [6.45, 7) is 6.12. The molecule has 0 atom stereocenters. The minimum atomic E-state index is -0.533. The second-order valence-electron chi connectivity index (χ2n) is 10.7. The normalized spacial score (nSPS) is 15.2. The van der Waals surface area contributed by atoms with Gasteiger partial charge < -0.3 is 19.5 Å². The Labute approximate surface area is 217 Å². The molecular weight excluding hydrogens is 468 g/mol. The summed E-state index contributed by atoms with van der Waals surface area (Å²) in [5, 5.41) is 2.79. The van der Waals surface area contributed by atoms with Gasteiger partial charge in [0, 0.05) is 30.4 Å². The van der Waals surface area contributed by atoms with Gasteiger partial charge in [0.2, 0.25) is 6.79 Å². The molecule has 2 aromatic carbocycles. The van der Waals surface area contributed by atoms with Crippen LogP contribution >= 0.6 is 0 Å². The lowest BCUT2D eigenvalue weighted by Crippen LogP contribution is -2.32. The lowest BCUT2D eigenvalue weighted by Gasteiger charge is -2.19. The SMILES string of the molecule is CC(C)(C)OC(=O)NCc1cccc(-c2ccc(CCC(=O)C3(c4ccc5c(c4)OCO5)CC3)nc2)c1. The topological polar surface area (TPSA) is 86.8 Å². The van der Waals surface area contributed by atoms with Gasteiger partial charge in [-0.15, -0.1) is 0 Å². The van der Waals surface area contributed by atoms with Crippen LogP contribution in [0.3, 0.4) is 0 Å². The molecule has 2 heterocycles. The van der Waals surface area contributed by atoms with Gasteiger partial charge in [0.1, 0.15) is 11.4 Å². The molecule has 1 fully saturated rings. The molecular formula is C30H32N2O5. The number of nitrogens with zero attached hydrogens (tertiary/aromatic N) is 1. The minimum absolute atomic E-state index is 0.231. The van der Waals surface area contributed by atoms with Gasteiger partial charge in [0.15, 0.2) is 11.5 Å². The van der Waals surface area contributed by atoms with E-state index in [1.807, 2.05) is 81.6 Å². The van der Waals surface area contributed by atoms with Crippen molar-refractivity contribution in [2.75, 3.05) is 6.79 Å². The van der Waals surface area contributed by atoms with Gasteiger partial charge in [-0.25, -0.2) is 4.79 Å². The molecule has 3 aromatic rings. The van der Waals surface area contributed by atoms with Crippen molar-refractivity contribution in [1.29, 1.82) is 0 Å².